The van der Waals surface area contributed by atoms with E-state index in [1.807, 2.05) is 6.92 Å². The summed E-state index contributed by atoms with van der Waals surface area (Å²) in [6, 6.07) is 0. The van der Waals surface area contributed by atoms with Crippen LogP contribution in [0.5, 0.6) is 0 Å². The van der Waals surface area contributed by atoms with Crippen LogP contribution in [0.15, 0.2) is 0 Å². The number of hydrogen-bond acceptors (Lipinski definition) is 2. The summed E-state index contributed by atoms with van der Waals surface area (Å²) in [5, 5.41) is 0. The Balaban J connectivity index is 3.89. The highest BCUT2D eigenvalue weighted by molar-refractivity contribution is 5.76. The third-order valence-corrected chi connectivity index (χ3v) is 1.65. The van der Waals surface area contributed by atoms with Crippen LogP contribution in [0, 0.1) is 12.3 Å². The van der Waals surface area contributed by atoms with Gasteiger partial charge < -0.3 is 9.64 Å². The van der Waals surface area contributed by atoms with Crippen molar-refractivity contribution in [3.63, 3.8) is 0 Å². The average Bonchev–Trinajstić information content (AvgIpc) is 2.14. The standard InChI is InChI=1S/C10H17NO2/c1-4-7-11(8-5-2)10(12)6-9-13-3/h1H,5-9H2,2-3H3. The number of rotatable bonds is 6. The molecule has 3 nitrogen and oxygen atoms in total. The van der Waals surface area contributed by atoms with Gasteiger partial charge in [0.05, 0.1) is 19.6 Å². The lowest BCUT2D eigenvalue weighted by molar-refractivity contribution is -0.131. The summed E-state index contributed by atoms with van der Waals surface area (Å²) in [6.45, 7) is 3.61. The molecule has 0 aliphatic rings. The van der Waals surface area contributed by atoms with Gasteiger partial charge in [0.2, 0.25) is 5.91 Å². The first kappa shape index (κ1) is 12.0. The highest BCUT2D eigenvalue weighted by Gasteiger charge is 2.09. The summed E-state index contributed by atoms with van der Waals surface area (Å²) < 4.78 is 4.82. The zero-order chi connectivity index (χ0) is 10.1. The quantitative estimate of drug-likeness (QED) is 0.572. The minimum atomic E-state index is 0.0710. The Morgan fingerprint density at radius 3 is 2.77 bits per heavy atom. The van der Waals surface area contributed by atoms with E-state index < -0.39 is 0 Å². The maximum Gasteiger partial charge on any atom is 0.225 e. The molecule has 74 valence electrons. The molecule has 13 heavy (non-hydrogen) atoms. The summed E-state index contributed by atoms with van der Waals surface area (Å²) in [5.74, 6) is 2.55. The second-order valence-corrected chi connectivity index (χ2v) is 2.76. The molecule has 0 radical (unpaired) electrons. The second kappa shape index (κ2) is 7.63. The monoisotopic (exact) mass is 183 g/mol. The molecule has 1 amide bonds. The predicted molar refractivity (Wildman–Crippen MR) is 52.2 cm³/mol. The van der Waals surface area contributed by atoms with Crippen molar-refractivity contribution >= 4 is 5.91 Å². The lowest BCUT2D eigenvalue weighted by atomic mass is 10.3. The molecular weight excluding hydrogens is 166 g/mol. The third-order valence-electron chi connectivity index (χ3n) is 1.65. The summed E-state index contributed by atoms with van der Waals surface area (Å²) in [7, 11) is 1.58. The van der Waals surface area contributed by atoms with Crippen LogP contribution in [-0.4, -0.2) is 37.6 Å². The summed E-state index contributed by atoms with van der Waals surface area (Å²) in [4.78, 5) is 13.1. The van der Waals surface area contributed by atoms with E-state index in [-0.39, 0.29) is 5.91 Å². The van der Waals surface area contributed by atoms with Gasteiger partial charge in [0, 0.05) is 13.7 Å². The third kappa shape index (κ3) is 5.26. The van der Waals surface area contributed by atoms with Crippen LogP contribution in [0.3, 0.4) is 0 Å². The number of carbonyl (C=O) groups excluding carboxylic acids is 1. The number of hydrogen-bond donors (Lipinski definition) is 0. The average molecular weight is 183 g/mol. The van der Waals surface area contributed by atoms with Crippen LogP contribution >= 0.6 is 0 Å². The van der Waals surface area contributed by atoms with Crippen molar-refractivity contribution in [2.24, 2.45) is 0 Å². The van der Waals surface area contributed by atoms with Crippen LogP contribution in [0.2, 0.25) is 0 Å². The molecule has 0 heterocycles. The van der Waals surface area contributed by atoms with Crippen LogP contribution in [-0.2, 0) is 9.53 Å². The van der Waals surface area contributed by atoms with Crippen molar-refractivity contribution in [3.8, 4) is 12.3 Å². The number of nitrogens with zero attached hydrogens (tertiary/aromatic N) is 1. The van der Waals surface area contributed by atoms with Gasteiger partial charge in [-0.15, -0.1) is 6.42 Å². The Morgan fingerprint density at radius 1 is 1.62 bits per heavy atom. The van der Waals surface area contributed by atoms with E-state index in [9.17, 15) is 4.79 Å². The molecule has 0 aromatic rings. The molecule has 0 atom stereocenters. The van der Waals surface area contributed by atoms with E-state index in [0.29, 0.717) is 19.6 Å². The summed E-state index contributed by atoms with van der Waals surface area (Å²) in [6.07, 6.45) is 6.50. The second-order valence-electron chi connectivity index (χ2n) is 2.76. The Morgan fingerprint density at radius 2 is 2.31 bits per heavy atom. The van der Waals surface area contributed by atoms with Gasteiger partial charge in [-0.25, -0.2) is 0 Å². The molecule has 0 spiro atoms. The molecule has 0 fully saturated rings. The van der Waals surface area contributed by atoms with Gasteiger partial charge >= 0.3 is 0 Å². The minimum Gasteiger partial charge on any atom is -0.384 e. The Labute approximate surface area is 80.1 Å². The maximum absolute atomic E-state index is 11.4. The highest BCUT2D eigenvalue weighted by Crippen LogP contribution is 1.96. The smallest absolute Gasteiger partial charge is 0.225 e. The normalized spacial score (nSPS) is 9.31. The van der Waals surface area contributed by atoms with E-state index in [1.165, 1.54) is 0 Å². The van der Waals surface area contributed by atoms with Crippen molar-refractivity contribution in [1.82, 2.24) is 4.90 Å². The number of amides is 1. The maximum atomic E-state index is 11.4. The van der Waals surface area contributed by atoms with Gasteiger partial charge in [0.25, 0.3) is 0 Å². The SMILES string of the molecule is C#CCN(CCC)C(=O)CCOC. The van der Waals surface area contributed by atoms with Crippen molar-refractivity contribution in [2.75, 3.05) is 26.8 Å². The first-order valence-electron chi connectivity index (χ1n) is 4.46. The van der Waals surface area contributed by atoms with Gasteiger partial charge in [0.15, 0.2) is 0 Å². The van der Waals surface area contributed by atoms with Crippen molar-refractivity contribution in [2.45, 2.75) is 19.8 Å². The van der Waals surface area contributed by atoms with E-state index in [0.717, 1.165) is 13.0 Å². The fourth-order valence-corrected chi connectivity index (χ4v) is 1.02. The molecule has 0 aliphatic heterocycles. The summed E-state index contributed by atoms with van der Waals surface area (Å²) in [5.41, 5.74) is 0. The van der Waals surface area contributed by atoms with Crippen LogP contribution in [0.25, 0.3) is 0 Å². The molecule has 0 aromatic carbocycles. The molecule has 0 aliphatic carbocycles. The fourth-order valence-electron chi connectivity index (χ4n) is 1.02. The molecule has 3 heteroatoms. The van der Waals surface area contributed by atoms with Gasteiger partial charge in [-0.2, -0.15) is 0 Å². The largest absolute Gasteiger partial charge is 0.384 e. The number of carbonyl (C=O) groups is 1. The lowest BCUT2D eigenvalue weighted by Crippen LogP contribution is -2.32. The van der Waals surface area contributed by atoms with Crippen molar-refractivity contribution < 1.29 is 9.53 Å². The van der Waals surface area contributed by atoms with Crippen LogP contribution in [0.4, 0.5) is 0 Å². The van der Waals surface area contributed by atoms with Gasteiger partial charge in [0.1, 0.15) is 0 Å². The Bertz CT molecular complexity index is 184. The number of methoxy groups -OCH3 is 1. The fraction of sp³-hybridized carbons (Fsp3) is 0.700. The van der Waals surface area contributed by atoms with Gasteiger partial charge in [-0.1, -0.05) is 12.8 Å². The van der Waals surface area contributed by atoms with E-state index in [4.69, 9.17) is 11.2 Å². The van der Waals surface area contributed by atoms with Crippen LogP contribution in [0.1, 0.15) is 19.8 Å². The number of ether oxygens (including phenoxy) is 1. The topological polar surface area (TPSA) is 29.5 Å². The molecule has 0 rings (SSSR count). The first-order chi connectivity index (χ1) is 6.26. The molecule has 0 bridgehead atoms. The van der Waals surface area contributed by atoms with E-state index in [1.54, 1.807) is 12.0 Å². The molecule has 0 unspecified atom stereocenters. The highest BCUT2D eigenvalue weighted by atomic mass is 16.5. The summed E-state index contributed by atoms with van der Waals surface area (Å²) >= 11 is 0. The molecular formula is C10H17NO2. The van der Waals surface area contributed by atoms with E-state index >= 15 is 0 Å². The molecule has 0 N–H and O–H groups in total. The van der Waals surface area contributed by atoms with Crippen molar-refractivity contribution in [3.05, 3.63) is 0 Å². The van der Waals surface area contributed by atoms with Crippen LogP contribution < -0.4 is 0 Å². The molecule has 0 aromatic heterocycles. The molecule has 0 saturated heterocycles. The van der Waals surface area contributed by atoms with E-state index in [2.05, 4.69) is 5.92 Å². The zero-order valence-electron chi connectivity index (χ0n) is 8.38. The Hall–Kier alpha value is -1.01. The molecule has 0 saturated carbocycles. The lowest BCUT2D eigenvalue weighted by Gasteiger charge is -2.18. The number of terminal acetylenes is 1. The first-order valence-corrected chi connectivity index (χ1v) is 4.46. The van der Waals surface area contributed by atoms with Gasteiger partial charge in [-0.05, 0) is 6.42 Å². The minimum absolute atomic E-state index is 0.0710. The zero-order valence-corrected chi connectivity index (χ0v) is 8.38. The predicted octanol–water partition coefficient (Wildman–Crippen LogP) is 0.895. The Kier molecular flexibility index (Phi) is 7.04. The van der Waals surface area contributed by atoms with Gasteiger partial charge in [-0.3, -0.25) is 4.79 Å². The van der Waals surface area contributed by atoms with Crippen molar-refractivity contribution in [1.29, 1.82) is 0 Å².